The van der Waals surface area contributed by atoms with Crippen LogP contribution in [0.25, 0.3) is 0 Å². The van der Waals surface area contributed by atoms with Crippen molar-refractivity contribution in [3.05, 3.63) is 54.1 Å². The van der Waals surface area contributed by atoms with Gasteiger partial charge in [0.2, 0.25) is 0 Å². The van der Waals surface area contributed by atoms with Gasteiger partial charge in [-0.2, -0.15) is 5.53 Å². The molecule has 0 atom stereocenters. The molecule has 0 spiro atoms. The quantitative estimate of drug-likeness (QED) is 0.818. The molecule has 0 bridgehead atoms. The highest BCUT2D eigenvalue weighted by molar-refractivity contribution is 5.48. The Labute approximate surface area is 93.9 Å². The first kappa shape index (κ1) is 9.15. The average molecular weight is 212 g/mol. The molecular formula is C12H12N4. The summed E-state index contributed by atoms with van der Waals surface area (Å²) < 4.78 is 0. The topological polar surface area (TPSA) is 40.0 Å². The summed E-state index contributed by atoms with van der Waals surface area (Å²) >= 11 is 0. The molecule has 0 amide bonds. The average Bonchev–Trinajstić information content (AvgIpc) is 3.03. The molecule has 80 valence electrons. The van der Waals surface area contributed by atoms with Gasteiger partial charge < -0.3 is 0 Å². The maximum absolute atomic E-state index is 3.86. The summed E-state index contributed by atoms with van der Waals surface area (Å²) in [4.78, 5) is 0. The Morgan fingerprint density at radius 2 is 1.88 bits per heavy atom. The van der Waals surface area contributed by atoms with Crippen LogP contribution in [0.5, 0.6) is 0 Å². The van der Waals surface area contributed by atoms with Crippen molar-refractivity contribution in [3.63, 3.8) is 0 Å². The minimum atomic E-state index is 0.426. The van der Waals surface area contributed by atoms with Crippen molar-refractivity contribution in [3.8, 4) is 0 Å². The molecule has 4 heteroatoms. The number of hydrazine groups is 1. The molecule has 3 rings (SSSR count). The van der Waals surface area contributed by atoms with Crippen LogP contribution in [0, 0.1) is 0 Å². The van der Waals surface area contributed by atoms with Crippen LogP contribution in [0.3, 0.4) is 0 Å². The van der Waals surface area contributed by atoms with Gasteiger partial charge in [-0.1, -0.05) is 41.7 Å². The molecule has 0 fully saturated rings. The van der Waals surface area contributed by atoms with Gasteiger partial charge in [0.1, 0.15) is 0 Å². The van der Waals surface area contributed by atoms with Crippen molar-refractivity contribution >= 4 is 5.69 Å². The summed E-state index contributed by atoms with van der Waals surface area (Å²) in [5.41, 5.74) is 5.22. The number of allylic oxidation sites excluding steroid dienone is 4. The molecule has 1 aromatic carbocycles. The Morgan fingerprint density at radius 3 is 2.50 bits per heavy atom. The molecule has 1 heterocycles. The van der Waals surface area contributed by atoms with Crippen LogP contribution in [0.1, 0.15) is 11.5 Å². The van der Waals surface area contributed by atoms with E-state index in [1.54, 1.807) is 0 Å². The highest BCUT2D eigenvalue weighted by Gasteiger charge is 2.11. The van der Waals surface area contributed by atoms with Gasteiger partial charge in [-0.25, -0.2) is 5.01 Å². The van der Waals surface area contributed by atoms with Crippen LogP contribution < -0.4 is 10.5 Å². The molecule has 0 unspecified atom stereocenters. The first-order valence-corrected chi connectivity index (χ1v) is 5.28. The van der Waals surface area contributed by atoms with E-state index in [4.69, 9.17) is 0 Å². The van der Waals surface area contributed by atoms with E-state index in [-0.39, 0.29) is 0 Å². The lowest BCUT2D eigenvalue weighted by molar-refractivity contribution is 0.749. The summed E-state index contributed by atoms with van der Waals surface area (Å²) in [7, 11) is 0. The van der Waals surface area contributed by atoms with Crippen molar-refractivity contribution in [2.45, 2.75) is 5.92 Å². The molecule has 0 aromatic heterocycles. The number of nitrogens with zero attached hydrogens (tertiary/aromatic N) is 3. The summed E-state index contributed by atoms with van der Waals surface area (Å²) in [6, 6.07) is 8.44. The van der Waals surface area contributed by atoms with Gasteiger partial charge in [0.15, 0.2) is 6.67 Å². The third-order valence-electron chi connectivity index (χ3n) is 2.78. The highest BCUT2D eigenvalue weighted by atomic mass is 15.8. The largest absolute Gasteiger partial charge is 0.247 e. The zero-order valence-electron chi connectivity index (χ0n) is 8.74. The van der Waals surface area contributed by atoms with Crippen molar-refractivity contribution < 1.29 is 0 Å². The zero-order valence-corrected chi connectivity index (χ0v) is 8.74. The highest BCUT2D eigenvalue weighted by Crippen LogP contribution is 2.25. The van der Waals surface area contributed by atoms with Crippen molar-refractivity contribution in [2.75, 3.05) is 11.7 Å². The summed E-state index contributed by atoms with van der Waals surface area (Å²) in [5.74, 6) is 0.426. The molecule has 0 saturated heterocycles. The Bertz CT molecular complexity index is 438. The maximum atomic E-state index is 3.86. The van der Waals surface area contributed by atoms with Crippen LogP contribution in [-0.2, 0) is 0 Å². The van der Waals surface area contributed by atoms with E-state index in [1.165, 1.54) is 5.56 Å². The number of rotatable bonds is 2. The predicted molar refractivity (Wildman–Crippen MR) is 62.8 cm³/mol. The van der Waals surface area contributed by atoms with Crippen LogP contribution in [0.4, 0.5) is 5.69 Å². The molecular weight excluding hydrogens is 200 g/mol. The second-order valence-corrected chi connectivity index (χ2v) is 3.80. The molecule has 0 saturated carbocycles. The minimum Gasteiger partial charge on any atom is -0.247 e. The molecule has 1 N–H and O–H groups in total. The van der Waals surface area contributed by atoms with Gasteiger partial charge in [0.25, 0.3) is 0 Å². The maximum Gasteiger partial charge on any atom is 0.154 e. The first-order valence-electron chi connectivity index (χ1n) is 5.28. The van der Waals surface area contributed by atoms with Gasteiger partial charge in [-0.3, -0.25) is 0 Å². The van der Waals surface area contributed by atoms with E-state index >= 15 is 0 Å². The smallest absolute Gasteiger partial charge is 0.154 e. The number of hydrogen-bond acceptors (Lipinski definition) is 4. The van der Waals surface area contributed by atoms with E-state index in [9.17, 15) is 0 Å². The van der Waals surface area contributed by atoms with E-state index in [1.807, 2.05) is 5.01 Å². The van der Waals surface area contributed by atoms with Crippen molar-refractivity contribution in [2.24, 2.45) is 10.3 Å². The second-order valence-electron chi connectivity index (χ2n) is 3.80. The summed E-state index contributed by atoms with van der Waals surface area (Å²) in [6.07, 6.45) is 8.54. The fraction of sp³-hybridized carbons (Fsp3) is 0.167. The monoisotopic (exact) mass is 212 g/mol. The van der Waals surface area contributed by atoms with Gasteiger partial charge >= 0.3 is 0 Å². The standard InChI is InChI=1S/C12H12N4/c1-2-4-10(3-1)11-5-7-12(8-6-11)16-9-13-14-15-16/h1-8,10H,9H2,(H,13,15). The molecule has 1 aromatic rings. The van der Waals surface area contributed by atoms with Gasteiger partial charge in [-0.05, 0) is 17.7 Å². The number of hydrogen-bond donors (Lipinski definition) is 1. The van der Waals surface area contributed by atoms with Crippen LogP contribution in [0.2, 0.25) is 0 Å². The van der Waals surface area contributed by atoms with E-state index in [0.717, 1.165) is 5.69 Å². The Kier molecular flexibility index (Phi) is 2.18. The fourth-order valence-corrected chi connectivity index (χ4v) is 1.88. The zero-order chi connectivity index (χ0) is 10.8. The minimum absolute atomic E-state index is 0.426. The van der Waals surface area contributed by atoms with Crippen LogP contribution >= 0.6 is 0 Å². The lowest BCUT2D eigenvalue weighted by Crippen LogP contribution is -2.29. The van der Waals surface area contributed by atoms with Crippen LogP contribution in [0.15, 0.2) is 58.9 Å². The third-order valence-corrected chi connectivity index (χ3v) is 2.78. The van der Waals surface area contributed by atoms with E-state index in [0.29, 0.717) is 12.6 Å². The van der Waals surface area contributed by atoms with Crippen molar-refractivity contribution in [1.82, 2.24) is 5.53 Å². The molecule has 1 aliphatic heterocycles. The fourth-order valence-electron chi connectivity index (χ4n) is 1.88. The summed E-state index contributed by atoms with van der Waals surface area (Å²) in [6.45, 7) is 0.572. The summed E-state index contributed by atoms with van der Waals surface area (Å²) in [5, 5.41) is 9.47. The van der Waals surface area contributed by atoms with Gasteiger partial charge in [-0.15, -0.1) is 5.11 Å². The first-order chi connectivity index (χ1) is 7.93. The molecule has 2 aliphatic rings. The number of anilines is 1. The third kappa shape index (κ3) is 1.58. The molecule has 16 heavy (non-hydrogen) atoms. The molecule has 4 nitrogen and oxygen atoms in total. The normalized spacial score (nSPS) is 18.4. The van der Waals surface area contributed by atoms with Gasteiger partial charge in [0, 0.05) is 5.92 Å². The van der Waals surface area contributed by atoms with Crippen molar-refractivity contribution in [1.29, 1.82) is 0 Å². The van der Waals surface area contributed by atoms with Crippen LogP contribution in [-0.4, -0.2) is 6.67 Å². The number of benzene rings is 1. The molecule has 0 radical (unpaired) electrons. The number of nitrogens with one attached hydrogen (secondary N) is 1. The lowest BCUT2D eigenvalue weighted by atomic mass is 10.0. The van der Waals surface area contributed by atoms with E-state index < -0.39 is 0 Å². The van der Waals surface area contributed by atoms with E-state index in [2.05, 4.69) is 64.4 Å². The SMILES string of the molecule is C1=CC(c2ccc(N3CN=NN3)cc2)C=C1. The predicted octanol–water partition coefficient (Wildman–Crippen LogP) is 2.55. The Morgan fingerprint density at radius 1 is 1.12 bits per heavy atom. The second kappa shape index (κ2) is 3.81. The Hall–Kier alpha value is -2.10. The Balaban J connectivity index is 1.79. The van der Waals surface area contributed by atoms with Gasteiger partial charge in [0.05, 0.1) is 5.69 Å². The molecule has 1 aliphatic carbocycles. The lowest BCUT2D eigenvalue weighted by Gasteiger charge is -2.15.